The Morgan fingerprint density at radius 1 is 1.50 bits per heavy atom. The molecule has 0 bridgehead atoms. The van der Waals surface area contributed by atoms with Crippen LogP contribution in [-0.4, -0.2) is 23.9 Å². The average Bonchev–Trinajstić information content (AvgIpc) is 2.26. The minimum atomic E-state index is -2.54. The van der Waals surface area contributed by atoms with Crippen molar-refractivity contribution in [2.45, 2.75) is 16.8 Å². The van der Waals surface area contributed by atoms with Gasteiger partial charge >= 0.3 is 5.97 Å². The van der Waals surface area contributed by atoms with E-state index in [0.29, 0.717) is 11.8 Å². The van der Waals surface area contributed by atoms with E-state index in [4.69, 9.17) is 0 Å². The molecule has 1 aromatic rings. The van der Waals surface area contributed by atoms with Gasteiger partial charge < -0.3 is 9.84 Å². The van der Waals surface area contributed by atoms with Crippen molar-refractivity contribution in [2.75, 3.05) is 7.11 Å². The van der Waals surface area contributed by atoms with E-state index < -0.39 is 17.8 Å². The van der Waals surface area contributed by atoms with Crippen molar-refractivity contribution in [3.8, 4) is 0 Å². The first-order valence-electron chi connectivity index (χ1n) is 4.35. The number of carbonyl (C=O) groups is 1. The number of halogens is 2. The van der Waals surface area contributed by atoms with Crippen LogP contribution in [0.15, 0.2) is 29.2 Å². The monoisotopic (exact) mass is 248 g/mol. The van der Waals surface area contributed by atoms with Crippen molar-refractivity contribution < 1.29 is 23.4 Å². The minimum absolute atomic E-state index is 0.234. The summed E-state index contributed by atoms with van der Waals surface area (Å²) < 4.78 is 28.5. The Morgan fingerprint density at radius 3 is 2.75 bits per heavy atom. The number of hydrogen-bond acceptors (Lipinski definition) is 4. The van der Waals surface area contributed by atoms with Crippen molar-refractivity contribution in [2.24, 2.45) is 0 Å². The number of ether oxygens (including phenoxy) is 1. The van der Waals surface area contributed by atoms with Crippen molar-refractivity contribution in [1.82, 2.24) is 0 Å². The molecule has 0 aliphatic carbocycles. The molecule has 1 atom stereocenters. The van der Waals surface area contributed by atoms with Crippen LogP contribution < -0.4 is 0 Å². The molecule has 0 amide bonds. The summed E-state index contributed by atoms with van der Waals surface area (Å²) in [5.41, 5.74) is 0.234. The zero-order chi connectivity index (χ0) is 12.1. The van der Waals surface area contributed by atoms with Crippen LogP contribution in [0.25, 0.3) is 0 Å². The molecule has 0 aliphatic heterocycles. The summed E-state index contributed by atoms with van der Waals surface area (Å²) in [5.74, 6) is -3.36. The molecule has 88 valence electrons. The molecule has 0 heterocycles. The third-order valence-corrected chi connectivity index (χ3v) is 2.53. The highest BCUT2D eigenvalue weighted by molar-refractivity contribution is 7.99. The third-order valence-electron chi connectivity index (χ3n) is 1.82. The Bertz CT molecular complexity index is 371. The topological polar surface area (TPSA) is 46.5 Å². The fraction of sp³-hybridized carbons (Fsp3) is 0.300. The molecule has 0 saturated carbocycles. The number of benzene rings is 1. The summed E-state index contributed by atoms with van der Waals surface area (Å²) >= 11 is 0.353. The van der Waals surface area contributed by atoms with Crippen LogP contribution in [0.1, 0.15) is 11.7 Å². The number of esters is 1. The van der Waals surface area contributed by atoms with Gasteiger partial charge in [-0.15, -0.1) is 0 Å². The highest BCUT2D eigenvalue weighted by atomic mass is 32.2. The van der Waals surface area contributed by atoms with Gasteiger partial charge in [-0.05, 0) is 17.7 Å². The van der Waals surface area contributed by atoms with Crippen molar-refractivity contribution >= 4 is 17.7 Å². The standard InChI is InChI=1S/C10H10F2O3S/c1-15-9(14)8(13)6-3-2-4-7(5-6)16-10(11)12/h2-5,8,10,13H,1H3. The summed E-state index contributed by atoms with van der Waals surface area (Å²) in [6, 6.07) is 5.77. The van der Waals surface area contributed by atoms with Gasteiger partial charge in [-0.25, -0.2) is 4.79 Å². The Morgan fingerprint density at radius 2 is 2.19 bits per heavy atom. The number of alkyl halides is 2. The number of methoxy groups -OCH3 is 1. The zero-order valence-electron chi connectivity index (χ0n) is 8.39. The van der Waals surface area contributed by atoms with E-state index in [1.165, 1.54) is 24.3 Å². The molecular formula is C10H10F2O3S. The molecule has 3 nitrogen and oxygen atoms in total. The maximum atomic E-state index is 12.1. The van der Waals surface area contributed by atoms with E-state index in [1.54, 1.807) is 0 Å². The zero-order valence-corrected chi connectivity index (χ0v) is 9.21. The maximum absolute atomic E-state index is 12.1. The Labute approximate surface area is 95.4 Å². The predicted octanol–water partition coefficient (Wildman–Crippen LogP) is 2.21. The molecule has 0 spiro atoms. The van der Waals surface area contributed by atoms with Gasteiger partial charge in [0, 0.05) is 4.90 Å². The highest BCUT2D eigenvalue weighted by Gasteiger charge is 2.18. The van der Waals surface area contributed by atoms with Crippen LogP contribution in [0.5, 0.6) is 0 Å². The molecule has 0 saturated heterocycles. The van der Waals surface area contributed by atoms with Gasteiger partial charge in [0.2, 0.25) is 0 Å². The summed E-state index contributed by atoms with van der Waals surface area (Å²) in [6.07, 6.45) is -1.44. The van der Waals surface area contributed by atoms with Crippen molar-refractivity contribution in [3.05, 3.63) is 29.8 Å². The molecule has 0 aliphatic rings. The minimum Gasteiger partial charge on any atom is -0.467 e. The second kappa shape index (κ2) is 5.81. The number of carbonyl (C=O) groups excluding carboxylic acids is 1. The molecule has 0 fully saturated rings. The summed E-state index contributed by atoms with van der Waals surface area (Å²) in [4.78, 5) is 11.3. The van der Waals surface area contributed by atoms with E-state index in [-0.39, 0.29) is 10.5 Å². The van der Waals surface area contributed by atoms with Crippen LogP contribution in [-0.2, 0) is 9.53 Å². The molecule has 16 heavy (non-hydrogen) atoms. The number of aliphatic hydroxyl groups excluding tert-OH is 1. The molecule has 0 radical (unpaired) electrons. The van der Waals surface area contributed by atoms with Crippen LogP contribution in [0.3, 0.4) is 0 Å². The van der Waals surface area contributed by atoms with Crippen molar-refractivity contribution in [1.29, 1.82) is 0 Å². The van der Waals surface area contributed by atoms with Crippen LogP contribution in [0.2, 0.25) is 0 Å². The van der Waals surface area contributed by atoms with Gasteiger partial charge in [-0.2, -0.15) is 8.78 Å². The third kappa shape index (κ3) is 3.46. The van der Waals surface area contributed by atoms with Gasteiger partial charge in [0.05, 0.1) is 7.11 Å². The first-order chi connectivity index (χ1) is 7.54. The lowest BCUT2D eigenvalue weighted by Crippen LogP contribution is -2.13. The van der Waals surface area contributed by atoms with E-state index in [0.717, 1.165) is 7.11 Å². The number of rotatable bonds is 4. The Hall–Kier alpha value is -1.14. The first-order valence-corrected chi connectivity index (χ1v) is 5.23. The SMILES string of the molecule is COC(=O)C(O)c1cccc(SC(F)F)c1. The quantitative estimate of drug-likeness (QED) is 0.655. The first kappa shape index (κ1) is 12.9. The van der Waals surface area contributed by atoms with Gasteiger partial charge in [-0.1, -0.05) is 23.9 Å². The number of thioether (sulfide) groups is 1. The second-order valence-electron chi connectivity index (χ2n) is 2.88. The van der Waals surface area contributed by atoms with Crippen LogP contribution >= 0.6 is 11.8 Å². The van der Waals surface area contributed by atoms with Crippen LogP contribution in [0, 0.1) is 0 Å². The normalized spacial score (nSPS) is 12.6. The van der Waals surface area contributed by atoms with E-state index in [9.17, 15) is 18.7 Å². The predicted molar refractivity (Wildman–Crippen MR) is 55.3 cm³/mol. The molecular weight excluding hydrogens is 238 g/mol. The largest absolute Gasteiger partial charge is 0.467 e. The molecule has 0 aromatic heterocycles. The average molecular weight is 248 g/mol. The second-order valence-corrected chi connectivity index (χ2v) is 3.94. The molecule has 1 rings (SSSR count). The lowest BCUT2D eigenvalue weighted by Gasteiger charge is -2.09. The van der Waals surface area contributed by atoms with E-state index >= 15 is 0 Å². The van der Waals surface area contributed by atoms with E-state index in [2.05, 4.69) is 4.74 Å². The van der Waals surface area contributed by atoms with Crippen LogP contribution in [0.4, 0.5) is 8.78 Å². The smallest absolute Gasteiger partial charge is 0.339 e. The molecule has 1 N–H and O–H groups in total. The van der Waals surface area contributed by atoms with Gasteiger partial charge in [0.15, 0.2) is 6.10 Å². The van der Waals surface area contributed by atoms with Gasteiger partial charge in [-0.3, -0.25) is 0 Å². The summed E-state index contributed by atoms with van der Waals surface area (Å²) in [5, 5.41) is 9.48. The highest BCUT2D eigenvalue weighted by Crippen LogP contribution is 2.27. The maximum Gasteiger partial charge on any atom is 0.339 e. The Balaban J connectivity index is 2.85. The van der Waals surface area contributed by atoms with E-state index in [1.807, 2.05) is 0 Å². The van der Waals surface area contributed by atoms with Crippen molar-refractivity contribution in [3.63, 3.8) is 0 Å². The van der Waals surface area contributed by atoms with Gasteiger partial charge in [0.25, 0.3) is 5.76 Å². The molecule has 1 unspecified atom stereocenters. The number of hydrogen-bond donors (Lipinski definition) is 1. The summed E-state index contributed by atoms with van der Waals surface area (Å²) in [7, 11) is 1.14. The van der Waals surface area contributed by atoms with Gasteiger partial charge in [0.1, 0.15) is 0 Å². The summed E-state index contributed by atoms with van der Waals surface area (Å²) in [6.45, 7) is 0. The lowest BCUT2D eigenvalue weighted by molar-refractivity contribution is -0.150. The molecule has 6 heteroatoms. The number of aliphatic hydroxyl groups is 1. The lowest BCUT2D eigenvalue weighted by atomic mass is 10.1. The fourth-order valence-corrected chi connectivity index (χ4v) is 1.68. The fourth-order valence-electron chi connectivity index (χ4n) is 1.11. The molecule has 1 aromatic carbocycles. The Kier molecular flexibility index (Phi) is 4.70.